The van der Waals surface area contributed by atoms with Crippen molar-refractivity contribution in [3.63, 3.8) is 0 Å². The first kappa shape index (κ1) is 18.9. The number of nitrogens with one attached hydrogen (secondary N) is 1. The fourth-order valence-electron chi connectivity index (χ4n) is 3.59. The van der Waals surface area contributed by atoms with E-state index < -0.39 is 5.82 Å². The van der Waals surface area contributed by atoms with Crippen molar-refractivity contribution in [1.29, 1.82) is 0 Å². The maximum Gasteiger partial charge on any atom is 0.241 e. The lowest BCUT2D eigenvalue weighted by molar-refractivity contribution is -0.121. The van der Waals surface area contributed by atoms with Crippen molar-refractivity contribution < 1.29 is 13.6 Å². The summed E-state index contributed by atoms with van der Waals surface area (Å²) in [6.45, 7) is 3.41. The summed E-state index contributed by atoms with van der Waals surface area (Å²) in [6, 6.07) is 11.4. The van der Waals surface area contributed by atoms with Crippen molar-refractivity contribution in [3.8, 4) is 0 Å². The Balaban J connectivity index is 1.36. The number of likely N-dealkylation sites (tertiary alicyclic amines) is 1. The summed E-state index contributed by atoms with van der Waals surface area (Å²) in [7, 11) is 0. The van der Waals surface area contributed by atoms with Gasteiger partial charge in [-0.2, -0.15) is 0 Å². The number of para-hydroxylation sites is 2. The van der Waals surface area contributed by atoms with Crippen LogP contribution >= 0.6 is 11.6 Å². The van der Waals surface area contributed by atoms with Crippen LogP contribution in [-0.2, 0) is 4.79 Å². The van der Waals surface area contributed by atoms with Gasteiger partial charge in [-0.1, -0.05) is 23.7 Å². The maximum atomic E-state index is 13.2. The highest BCUT2D eigenvalue weighted by molar-refractivity contribution is 6.33. The zero-order valence-corrected chi connectivity index (χ0v) is 16.2. The highest BCUT2D eigenvalue weighted by atomic mass is 35.5. The molecule has 0 bridgehead atoms. The number of piperidine rings is 1. The highest BCUT2D eigenvalue weighted by Crippen LogP contribution is 2.31. The molecule has 7 heteroatoms. The Labute approximate surface area is 167 Å². The monoisotopic (exact) mass is 401 g/mol. The fraction of sp³-hybridized carbons (Fsp3) is 0.333. The van der Waals surface area contributed by atoms with E-state index in [0.29, 0.717) is 5.69 Å². The van der Waals surface area contributed by atoms with Gasteiger partial charge in [-0.05, 0) is 63.2 Å². The predicted molar refractivity (Wildman–Crippen MR) is 107 cm³/mol. The molecule has 1 N–H and O–H groups in total. The fourth-order valence-corrected chi connectivity index (χ4v) is 3.81. The van der Waals surface area contributed by atoms with Crippen LogP contribution in [0.5, 0.6) is 0 Å². The van der Waals surface area contributed by atoms with Gasteiger partial charge in [0.1, 0.15) is 11.3 Å². The summed E-state index contributed by atoms with van der Waals surface area (Å²) >= 11 is 6.00. The first-order valence-corrected chi connectivity index (χ1v) is 9.74. The zero-order valence-electron chi connectivity index (χ0n) is 15.5. The molecule has 0 spiro atoms. The Bertz CT molecular complexity index is 965. The van der Waals surface area contributed by atoms with Crippen LogP contribution in [0.4, 0.5) is 10.1 Å². The topological polar surface area (TPSA) is 58.4 Å². The summed E-state index contributed by atoms with van der Waals surface area (Å²) < 4.78 is 19.1. The van der Waals surface area contributed by atoms with Crippen molar-refractivity contribution in [1.82, 2.24) is 9.88 Å². The van der Waals surface area contributed by atoms with E-state index >= 15 is 0 Å². The molecule has 2 aromatic carbocycles. The number of rotatable bonds is 4. The number of halogens is 2. The molecule has 1 aliphatic rings. The molecular formula is C21H21ClFN3O2. The zero-order chi connectivity index (χ0) is 19.7. The minimum absolute atomic E-state index is 0.158. The number of carbonyl (C=O) groups is 1. The lowest BCUT2D eigenvalue weighted by atomic mass is 9.95. The van der Waals surface area contributed by atoms with E-state index in [1.165, 1.54) is 18.2 Å². The summed E-state index contributed by atoms with van der Waals surface area (Å²) in [5.74, 6) is 0.438. The van der Waals surface area contributed by atoms with Gasteiger partial charge >= 0.3 is 0 Å². The Morgan fingerprint density at radius 2 is 2.04 bits per heavy atom. The van der Waals surface area contributed by atoms with Crippen LogP contribution in [0.15, 0.2) is 46.9 Å². The van der Waals surface area contributed by atoms with Crippen molar-refractivity contribution in [2.75, 3.05) is 18.4 Å². The van der Waals surface area contributed by atoms with E-state index in [9.17, 15) is 9.18 Å². The summed E-state index contributed by atoms with van der Waals surface area (Å²) in [5.41, 5.74) is 2.11. The number of oxazole rings is 1. The van der Waals surface area contributed by atoms with Crippen LogP contribution in [0, 0.1) is 5.82 Å². The minimum atomic E-state index is -0.433. The molecule has 0 aliphatic carbocycles. The molecule has 0 saturated carbocycles. The van der Waals surface area contributed by atoms with E-state index in [0.717, 1.165) is 42.9 Å². The smallest absolute Gasteiger partial charge is 0.241 e. The second kappa shape index (κ2) is 7.89. The summed E-state index contributed by atoms with van der Waals surface area (Å²) in [6.07, 6.45) is 1.75. The number of nitrogens with zero attached hydrogens (tertiary/aromatic N) is 2. The van der Waals surface area contributed by atoms with E-state index in [-0.39, 0.29) is 22.9 Å². The first-order chi connectivity index (χ1) is 13.5. The molecule has 1 aromatic heterocycles. The van der Waals surface area contributed by atoms with Gasteiger partial charge < -0.3 is 9.73 Å². The van der Waals surface area contributed by atoms with Crippen molar-refractivity contribution in [2.45, 2.75) is 31.7 Å². The number of aromatic nitrogens is 1. The van der Waals surface area contributed by atoms with Gasteiger partial charge in [0.2, 0.25) is 5.91 Å². The number of anilines is 1. The maximum absolute atomic E-state index is 13.2. The summed E-state index contributed by atoms with van der Waals surface area (Å²) in [4.78, 5) is 19.3. The van der Waals surface area contributed by atoms with Crippen LogP contribution < -0.4 is 5.32 Å². The predicted octanol–water partition coefficient (Wildman–Crippen LogP) is 4.83. The number of amides is 1. The Morgan fingerprint density at radius 3 is 2.75 bits per heavy atom. The number of carbonyl (C=O) groups excluding carboxylic acids is 1. The molecule has 3 aromatic rings. The Hall–Kier alpha value is -2.44. The quantitative estimate of drug-likeness (QED) is 0.680. The number of hydrogen-bond donors (Lipinski definition) is 1. The van der Waals surface area contributed by atoms with Gasteiger partial charge in [0.25, 0.3) is 0 Å². The molecule has 1 amide bonds. The summed E-state index contributed by atoms with van der Waals surface area (Å²) in [5, 5.41) is 2.98. The third-order valence-electron chi connectivity index (χ3n) is 5.31. The molecule has 1 fully saturated rings. The van der Waals surface area contributed by atoms with Crippen LogP contribution in [0.1, 0.15) is 31.6 Å². The van der Waals surface area contributed by atoms with Gasteiger partial charge in [0.15, 0.2) is 11.5 Å². The normalized spacial score (nSPS) is 17.0. The Morgan fingerprint density at radius 1 is 1.29 bits per heavy atom. The van der Waals surface area contributed by atoms with E-state index in [2.05, 4.69) is 15.2 Å². The molecule has 1 saturated heterocycles. The molecule has 1 unspecified atom stereocenters. The van der Waals surface area contributed by atoms with Crippen LogP contribution in [0.25, 0.3) is 11.1 Å². The molecule has 4 rings (SSSR count). The number of hydrogen-bond acceptors (Lipinski definition) is 4. The van der Waals surface area contributed by atoms with Gasteiger partial charge in [-0.25, -0.2) is 9.37 Å². The largest absolute Gasteiger partial charge is 0.440 e. The van der Waals surface area contributed by atoms with Crippen LogP contribution in [0.3, 0.4) is 0 Å². The average molecular weight is 402 g/mol. The first-order valence-electron chi connectivity index (χ1n) is 9.36. The molecule has 2 heterocycles. The Kier molecular flexibility index (Phi) is 5.33. The standard InChI is InChI=1S/C21H21ClFN3O2/c1-13(20(27)24-17-7-6-15(23)12-16(17)22)26-10-8-14(9-11-26)21-25-18-4-2-3-5-19(18)28-21/h2-7,12-14H,8-11H2,1H3,(H,24,27). The van der Waals surface area contributed by atoms with Crippen molar-refractivity contribution >= 4 is 34.3 Å². The van der Waals surface area contributed by atoms with E-state index in [1.807, 2.05) is 31.2 Å². The molecule has 5 nitrogen and oxygen atoms in total. The van der Waals surface area contributed by atoms with Crippen LogP contribution in [0.2, 0.25) is 5.02 Å². The van der Waals surface area contributed by atoms with Gasteiger partial charge in [-0.15, -0.1) is 0 Å². The second-order valence-electron chi connectivity index (χ2n) is 7.12. The molecule has 1 atom stereocenters. The third-order valence-corrected chi connectivity index (χ3v) is 5.62. The van der Waals surface area contributed by atoms with Crippen molar-refractivity contribution in [3.05, 3.63) is 59.2 Å². The lowest BCUT2D eigenvalue weighted by Gasteiger charge is -2.34. The molecule has 1 aliphatic heterocycles. The second-order valence-corrected chi connectivity index (χ2v) is 7.53. The molecular weight excluding hydrogens is 381 g/mol. The van der Waals surface area contributed by atoms with E-state index in [4.69, 9.17) is 16.0 Å². The van der Waals surface area contributed by atoms with Gasteiger partial charge in [0, 0.05) is 5.92 Å². The van der Waals surface area contributed by atoms with Crippen LogP contribution in [-0.4, -0.2) is 34.9 Å². The number of fused-ring (bicyclic) bond motifs is 1. The molecule has 146 valence electrons. The molecule has 0 radical (unpaired) electrons. The SMILES string of the molecule is CC(C(=O)Nc1ccc(F)cc1Cl)N1CCC(c2nc3ccccc3o2)CC1. The average Bonchev–Trinajstić information content (AvgIpc) is 3.14. The van der Waals surface area contributed by atoms with E-state index in [1.54, 1.807) is 0 Å². The van der Waals surface area contributed by atoms with Gasteiger partial charge in [-0.3, -0.25) is 9.69 Å². The number of benzene rings is 2. The minimum Gasteiger partial charge on any atom is -0.440 e. The lowest BCUT2D eigenvalue weighted by Crippen LogP contribution is -2.45. The van der Waals surface area contributed by atoms with Crippen molar-refractivity contribution in [2.24, 2.45) is 0 Å². The third kappa shape index (κ3) is 3.88. The highest BCUT2D eigenvalue weighted by Gasteiger charge is 2.29. The van der Waals surface area contributed by atoms with Gasteiger partial charge in [0.05, 0.1) is 16.8 Å². The molecule has 28 heavy (non-hydrogen) atoms.